The van der Waals surface area contributed by atoms with Gasteiger partial charge in [0.15, 0.2) is 0 Å². The number of amidine groups is 1. The highest BCUT2D eigenvalue weighted by molar-refractivity contribution is 5.86. The van der Waals surface area contributed by atoms with E-state index in [0.29, 0.717) is 58.4 Å². The van der Waals surface area contributed by atoms with E-state index < -0.39 is 5.97 Å². The average Bonchev–Trinajstić information content (AvgIpc) is 2.99. The fraction of sp³-hybridized carbons (Fsp3) is 0.800. The minimum Gasteiger partial charge on any atom is -1.00 e. The molecule has 0 heterocycles. The third-order valence-corrected chi connectivity index (χ3v) is 4.04. The molecule has 0 aliphatic heterocycles. The van der Waals surface area contributed by atoms with Crippen LogP contribution in [0.1, 0.15) is 57.2 Å². The van der Waals surface area contributed by atoms with Crippen LogP contribution in [-0.2, 0) is 23.9 Å². The second-order valence-corrected chi connectivity index (χ2v) is 9.87. The molecule has 13 N–H and O–H groups in total. The van der Waals surface area contributed by atoms with Gasteiger partial charge in [0.2, 0.25) is 11.8 Å². The first kappa shape index (κ1) is 65.4. The summed E-state index contributed by atoms with van der Waals surface area (Å²) in [5.41, 5.74) is 19.6. The topological polar surface area (TPSA) is 283 Å². The second-order valence-electron chi connectivity index (χ2n) is 9.87. The maximum absolute atomic E-state index is 10.7. The number of carboxylic acid groups (broad SMARTS) is 1. The summed E-state index contributed by atoms with van der Waals surface area (Å²) in [6, 6.07) is 2.97. The number of aliphatic carboxylic acids is 1. The Bertz CT molecular complexity index is 819. The molecule has 0 aliphatic carbocycles. The Balaban J connectivity index is -0.0000000538. The molecule has 0 rings (SSSR count). The number of halogens is 2. The number of hydrogen-bond acceptors (Lipinski definition) is 13. The third kappa shape index (κ3) is 111. The molecule has 0 radical (unpaired) electrons. The number of carbonyl (C=O) groups is 4. The molecule has 0 bridgehead atoms. The molecule has 50 heavy (non-hydrogen) atoms. The first-order valence-corrected chi connectivity index (χ1v) is 16.0. The van der Waals surface area contributed by atoms with Crippen molar-refractivity contribution in [2.45, 2.75) is 54.4 Å². The molecule has 0 aromatic rings. The van der Waals surface area contributed by atoms with Crippen LogP contribution < -0.4 is 68.6 Å². The van der Waals surface area contributed by atoms with Crippen LogP contribution in [0.15, 0.2) is 15.0 Å². The Morgan fingerprint density at radius 3 is 1.54 bits per heavy atom. The molecule has 0 spiro atoms. The van der Waals surface area contributed by atoms with E-state index in [1.807, 2.05) is 27.9 Å². The summed E-state index contributed by atoms with van der Waals surface area (Å²) in [4.78, 5) is 55.8. The SMILES string of the molecule is CC(=O)NCCNC(C)=O.CC(=O)O.CCN=C=NCCC[NH+](C)C.CCNC(=NCCCN(C)C)OC(C)=O.NCCN.NCCN.[Cl-].[Cl-].[HH].[HH]. The number of nitrogens with one attached hydrogen (secondary N) is 4. The number of nitrogens with two attached hydrogens (primary N) is 4. The minimum atomic E-state index is -0.833. The number of quaternary nitrogens is 1. The van der Waals surface area contributed by atoms with E-state index in [1.54, 1.807) is 0 Å². The lowest BCUT2D eigenvalue weighted by atomic mass is 10.4. The summed E-state index contributed by atoms with van der Waals surface area (Å²) in [5, 5.41) is 15.4. The fourth-order valence-corrected chi connectivity index (χ4v) is 2.14. The quantitative estimate of drug-likeness (QED) is 0.0325. The molecule has 306 valence electrons. The van der Waals surface area contributed by atoms with Gasteiger partial charge in [-0.1, -0.05) is 0 Å². The van der Waals surface area contributed by atoms with Crippen LogP contribution >= 0.6 is 0 Å². The summed E-state index contributed by atoms with van der Waals surface area (Å²) in [6.45, 7) is 17.7. The van der Waals surface area contributed by atoms with E-state index in [9.17, 15) is 14.4 Å². The van der Waals surface area contributed by atoms with Crippen LogP contribution in [0.25, 0.3) is 0 Å². The van der Waals surface area contributed by atoms with Crippen molar-refractivity contribution < 1.29 is 61.6 Å². The highest BCUT2D eigenvalue weighted by Crippen LogP contribution is 1.87. The summed E-state index contributed by atoms with van der Waals surface area (Å²) < 4.78 is 4.88. The van der Waals surface area contributed by atoms with Gasteiger partial charge in [0.1, 0.15) is 0 Å². The number of aliphatic imine (C=N–C) groups is 3. The largest absolute Gasteiger partial charge is 1.00 e. The van der Waals surface area contributed by atoms with Crippen LogP contribution in [0, 0.1) is 0 Å². The summed E-state index contributed by atoms with van der Waals surface area (Å²) in [6.07, 6.45) is 2.07. The van der Waals surface area contributed by atoms with Gasteiger partial charge in [-0.3, -0.25) is 19.2 Å². The average molecular weight is 771 g/mol. The molecule has 0 saturated carbocycles. The lowest BCUT2D eigenvalue weighted by Crippen LogP contribution is -3.05. The highest BCUT2D eigenvalue weighted by atomic mass is 35.5. The van der Waals surface area contributed by atoms with E-state index in [0.717, 1.165) is 45.9 Å². The van der Waals surface area contributed by atoms with E-state index in [1.165, 1.54) is 25.7 Å². The monoisotopic (exact) mass is 770 g/mol. The van der Waals surface area contributed by atoms with E-state index in [2.05, 4.69) is 55.9 Å². The van der Waals surface area contributed by atoms with Gasteiger partial charge in [-0.25, -0.2) is 15.0 Å². The van der Waals surface area contributed by atoms with Gasteiger partial charge >= 0.3 is 5.97 Å². The number of nitrogens with zero attached hydrogens (tertiary/aromatic N) is 4. The zero-order valence-corrected chi connectivity index (χ0v) is 33.8. The van der Waals surface area contributed by atoms with Crippen molar-refractivity contribution in [1.82, 2.24) is 20.9 Å². The molecule has 0 atom stereocenters. The molecule has 0 unspecified atom stereocenters. The molecule has 0 aliphatic rings. The first-order chi connectivity index (χ1) is 22.5. The van der Waals surface area contributed by atoms with Gasteiger partial charge in [0.25, 0.3) is 12.0 Å². The van der Waals surface area contributed by atoms with Crippen LogP contribution in [0.4, 0.5) is 0 Å². The summed E-state index contributed by atoms with van der Waals surface area (Å²) in [5.74, 6) is -1.34. The number of esters is 1. The van der Waals surface area contributed by atoms with Gasteiger partial charge < -0.3 is 83.3 Å². The second kappa shape index (κ2) is 58.3. The van der Waals surface area contributed by atoms with Gasteiger partial charge in [-0.2, -0.15) is 0 Å². The van der Waals surface area contributed by atoms with Crippen molar-refractivity contribution in [2.24, 2.45) is 37.9 Å². The zero-order chi connectivity index (χ0) is 38.6. The predicted molar refractivity (Wildman–Crippen MR) is 200 cm³/mol. The Morgan fingerprint density at radius 1 is 0.800 bits per heavy atom. The maximum atomic E-state index is 10.7. The molecule has 0 aromatic heterocycles. The number of carbonyl (C=O) groups excluding carboxylic acids is 3. The number of carboxylic acids is 1. The fourth-order valence-electron chi connectivity index (χ4n) is 2.14. The first-order valence-electron chi connectivity index (χ1n) is 16.0. The van der Waals surface area contributed by atoms with Gasteiger partial charge in [-0.05, 0) is 40.9 Å². The van der Waals surface area contributed by atoms with Crippen LogP contribution in [0.2, 0.25) is 0 Å². The van der Waals surface area contributed by atoms with Gasteiger partial charge in [0, 0.05) is 95.9 Å². The molecule has 0 fully saturated rings. The van der Waals surface area contributed by atoms with Crippen LogP contribution in [0.5, 0.6) is 0 Å². The molecule has 0 aromatic carbocycles. The lowest BCUT2D eigenvalue weighted by Gasteiger charge is -2.09. The molecular formula is C30H75Cl2N12O6-. The Morgan fingerprint density at radius 2 is 1.24 bits per heavy atom. The smallest absolute Gasteiger partial charge is 0.310 e. The van der Waals surface area contributed by atoms with E-state index in [4.69, 9.17) is 37.6 Å². The van der Waals surface area contributed by atoms with E-state index in [-0.39, 0.29) is 45.5 Å². The van der Waals surface area contributed by atoms with Crippen molar-refractivity contribution in [3.8, 4) is 0 Å². The van der Waals surface area contributed by atoms with Crippen molar-refractivity contribution in [1.29, 1.82) is 0 Å². The van der Waals surface area contributed by atoms with E-state index >= 15 is 0 Å². The number of hydrogen-bond donors (Lipinski definition) is 9. The number of ether oxygens (including phenoxy) is 1. The van der Waals surface area contributed by atoms with Crippen LogP contribution in [-0.4, -0.2) is 153 Å². The predicted octanol–water partition coefficient (Wildman–Crippen LogP) is -8.16. The lowest BCUT2D eigenvalue weighted by molar-refractivity contribution is -0.858. The number of amides is 2. The minimum absolute atomic E-state index is 0. The Kier molecular flexibility index (Phi) is 76.3. The Labute approximate surface area is 316 Å². The molecular weight excluding hydrogens is 695 g/mol. The molecule has 0 saturated heterocycles. The normalized spacial score (nSPS) is 9.00. The Hall–Kier alpha value is -2.93. The molecule has 20 heteroatoms. The van der Waals surface area contributed by atoms with Crippen molar-refractivity contribution in [3.05, 3.63) is 0 Å². The molecule has 18 nitrogen and oxygen atoms in total. The molecule has 2 amide bonds. The van der Waals surface area contributed by atoms with Crippen molar-refractivity contribution in [2.75, 3.05) is 107 Å². The van der Waals surface area contributed by atoms with Gasteiger partial charge in [0.05, 0.1) is 33.2 Å². The standard InChI is InChI=1S/C10H21N3O2.C8H17N3.C6H12N2O2.2C2H8N2.C2H4O2.2ClH.2H2/c1-5-11-10(15-9(2)14)12-7-6-8-13(3)4;1-4-9-8-10-6-5-7-11(2)3;1-5(9)7-3-4-8-6(2)10;2*3-1-2-4;1-2(3)4;;;;/h5-8H2,1-4H3,(H,11,12);4-7H2,1-3H3;3-4H2,1-2H3,(H,7,9)(H,8,10);2*1-4H2;1H3,(H,3,4);4*1H/p-1. The number of rotatable bonds is 15. The van der Waals surface area contributed by atoms with Crippen molar-refractivity contribution >= 4 is 35.8 Å². The maximum Gasteiger partial charge on any atom is 0.310 e. The van der Waals surface area contributed by atoms with Crippen molar-refractivity contribution in [3.63, 3.8) is 0 Å². The van der Waals surface area contributed by atoms with Gasteiger partial charge in [-0.15, -0.1) is 0 Å². The highest BCUT2D eigenvalue weighted by Gasteiger charge is 2.01. The zero-order valence-electron chi connectivity index (χ0n) is 32.2. The third-order valence-electron chi connectivity index (χ3n) is 4.04. The summed E-state index contributed by atoms with van der Waals surface area (Å²) in [7, 11) is 8.32. The summed E-state index contributed by atoms with van der Waals surface area (Å²) >= 11 is 0. The van der Waals surface area contributed by atoms with Crippen LogP contribution in [0.3, 0.4) is 0 Å².